The van der Waals surface area contributed by atoms with E-state index < -0.39 is 0 Å². The Labute approximate surface area is 189 Å². The van der Waals surface area contributed by atoms with E-state index in [-0.39, 0.29) is 16.8 Å². The third-order valence-electron chi connectivity index (χ3n) is 9.79. The lowest BCUT2D eigenvalue weighted by Crippen LogP contribution is -2.58. The van der Waals surface area contributed by atoms with Crippen molar-refractivity contribution >= 4 is 22.6 Å². The summed E-state index contributed by atoms with van der Waals surface area (Å²) in [6.07, 6.45) is 13.5. The molecule has 0 N–H and O–H groups in total. The Morgan fingerprint density at radius 2 is 1.61 bits per heavy atom. The van der Waals surface area contributed by atoms with Crippen molar-refractivity contribution in [3.05, 3.63) is 39.8 Å². The van der Waals surface area contributed by atoms with E-state index in [9.17, 15) is 4.79 Å². The minimum Gasteiger partial charge on any atom is -0.301 e. The van der Waals surface area contributed by atoms with Gasteiger partial charge in [0, 0.05) is 24.2 Å². The second-order valence-electron chi connectivity index (χ2n) is 11.3. The molecule has 5 heteroatoms. The number of piperidine rings is 2. The number of hydrogen-bond acceptors (Lipinski definition) is 3. The zero-order valence-corrected chi connectivity index (χ0v) is 18.9. The Balaban J connectivity index is 1.22. The SMILES string of the molecule is O=c1c(Cl)nc2ccccc2n1C1CC2CCCC(C1)N2C1CC2CC3CC(C1)C3C2. The van der Waals surface area contributed by atoms with Crippen LogP contribution in [0.3, 0.4) is 0 Å². The molecule has 0 spiro atoms. The summed E-state index contributed by atoms with van der Waals surface area (Å²) in [6.45, 7) is 0. The lowest BCUT2D eigenvalue weighted by atomic mass is 9.64. The summed E-state index contributed by atoms with van der Waals surface area (Å²) in [6, 6.07) is 10.3. The van der Waals surface area contributed by atoms with Gasteiger partial charge >= 0.3 is 0 Å². The molecule has 164 valence electrons. The van der Waals surface area contributed by atoms with Gasteiger partial charge in [0.2, 0.25) is 0 Å². The van der Waals surface area contributed by atoms with Crippen LogP contribution in [0.15, 0.2) is 29.1 Å². The predicted octanol–water partition coefficient (Wildman–Crippen LogP) is 5.43. The summed E-state index contributed by atoms with van der Waals surface area (Å²) in [4.78, 5) is 20.5. The van der Waals surface area contributed by atoms with Crippen LogP contribution in [0.2, 0.25) is 5.15 Å². The number of aromatic nitrogens is 2. The maximum Gasteiger partial charge on any atom is 0.288 e. The molecule has 4 nitrogen and oxygen atoms in total. The average molecular weight is 438 g/mol. The molecule has 2 aliphatic heterocycles. The van der Waals surface area contributed by atoms with Gasteiger partial charge in [-0.1, -0.05) is 30.2 Å². The van der Waals surface area contributed by atoms with E-state index in [4.69, 9.17) is 11.6 Å². The first kappa shape index (κ1) is 19.1. The third-order valence-corrected chi connectivity index (χ3v) is 10.0. The van der Waals surface area contributed by atoms with E-state index in [1.165, 1.54) is 51.4 Å². The summed E-state index contributed by atoms with van der Waals surface area (Å²) in [7, 11) is 0. The summed E-state index contributed by atoms with van der Waals surface area (Å²) in [5, 5.41) is 0.116. The molecule has 31 heavy (non-hydrogen) atoms. The van der Waals surface area contributed by atoms with Crippen molar-refractivity contribution in [2.45, 2.75) is 88.4 Å². The number of fused-ring (bicyclic) bond motifs is 4. The maximum atomic E-state index is 13.1. The molecule has 5 fully saturated rings. The van der Waals surface area contributed by atoms with Crippen LogP contribution in [0, 0.1) is 23.7 Å². The monoisotopic (exact) mass is 437 g/mol. The predicted molar refractivity (Wildman–Crippen MR) is 123 cm³/mol. The Bertz CT molecular complexity index is 1060. The lowest BCUT2D eigenvalue weighted by molar-refractivity contribution is -0.0437. The van der Waals surface area contributed by atoms with Gasteiger partial charge in [0.15, 0.2) is 5.15 Å². The molecule has 7 atom stereocenters. The van der Waals surface area contributed by atoms with Gasteiger partial charge in [-0.3, -0.25) is 9.69 Å². The van der Waals surface area contributed by atoms with E-state index >= 15 is 0 Å². The lowest BCUT2D eigenvalue weighted by Gasteiger charge is -2.54. The number of halogens is 1. The van der Waals surface area contributed by atoms with Gasteiger partial charge in [-0.15, -0.1) is 0 Å². The number of hydrogen-bond donors (Lipinski definition) is 0. The van der Waals surface area contributed by atoms with Gasteiger partial charge in [-0.05, 0) is 93.6 Å². The molecule has 3 aliphatic carbocycles. The standard InChI is InChI=1S/C26H32ClN3O/c27-25-26(31)30(24-7-2-1-6-23(24)28-25)21-13-18-4-3-5-19(14-21)29(18)20-9-15-8-16-11-17(12-20)22(16)10-15/h1-2,6-7,15-22H,3-5,8-14H2. The van der Waals surface area contributed by atoms with E-state index in [0.29, 0.717) is 12.1 Å². The first-order valence-electron chi connectivity index (χ1n) is 12.6. The summed E-state index contributed by atoms with van der Waals surface area (Å²) >= 11 is 6.30. The molecule has 0 amide bonds. The number of benzene rings is 1. The van der Waals surface area contributed by atoms with Crippen LogP contribution < -0.4 is 5.56 Å². The highest BCUT2D eigenvalue weighted by Crippen LogP contribution is 2.59. The zero-order valence-electron chi connectivity index (χ0n) is 18.1. The second kappa shape index (κ2) is 7.05. The topological polar surface area (TPSA) is 38.1 Å². The Morgan fingerprint density at radius 1 is 0.839 bits per heavy atom. The fourth-order valence-corrected chi connectivity index (χ4v) is 8.90. The molecule has 4 bridgehead atoms. The van der Waals surface area contributed by atoms with Crippen LogP contribution in [-0.4, -0.2) is 32.6 Å². The molecule has 3 heterocycles. The molecule has 1 aromatic heterocycles. The Kier molecular flexibility index (Phi) is 4.35. The highest BCUT2D eigenvalue weighted by atomic mass is 35.5. The molecular weight excluding hydrogens is 406 g/mol. The van der Waals surface area contributed by atoms with E-state index in [2.05, 4.69) is 9.88 Å². The average Bonchev–Trinajstić information content (AvgIpc) is 2.97. The van der Waals surface area contributed by atoms with E-state index in [1.807, 2.05) is 28.8 Å². The van der Waals surface area contributed by atoms with Crippen LogP contribution in [-0.2, 0) is 0 Å². The van der Waals surface area contributed by atoms with Gasteiger partial charge in [0.1, 0.15) is 0 Å². The fraction of sp³-hybridized carbons (Fsp3) is 0.692. The Hall–Kier alpha value is -1.39. The van der Waals surface area contributed by atoms with Crippen LogP contribution in [0.25, 0.3) is 11.0 Å². The van der Waals surface area contributed by atoms with Crippen LogP contribution in [0.1, 0.15) is 70.3 Å². The van der Waals surface area contributed by atoms with Gasteiger partial charge in [-0.2, -0.15) is 0 Å². The number of nitrogens with zero attached hydrogens (tertiary/aromatic N) is 3. The summed E-state index contributed by atoms with van der Waals surface area (Å²) in [5.74, 6) is 4.14. The highest BCUT2D eigenvalue weighted by Gasteiger charge is 2.53. The first-order chi connectivity index (χ1) is 15.2. The van der Waals surface area contributed by atoms with Crippen molar-refractivity contribution in [3.63, 3.8) is 0 Å². The maximum absolute atomic E-state index is 13.1. The van der Waals surface area contributed by atoms with E-state index in [0.717, 1.165) is 53.6 Å². The normalized spacial score (nSPS) is 41.7. The van der Waals surface area contributed by atoms with Crippen LogP contribution in [0.4, 0.5) is 0 Å². The van der Waals surface area contributed by atoms with Crippen LogP contribution in [0.5, 0.6) is 0 Å². The van der Waals surface area contributed by atoms with Gasteiger partial charge < -0.3 is 4.57 Å². The third kappa shape index (κ3) is 2.90. The quantitative estimate of drug-likeness (QED) is 0.628. The molecule has 2 aromatic rings. The minimum atomic E-state index is -0.107. The molecular formula is C26H32ClN3O. The van der Waals surface area contributed by atoms with Crippen molar-refractivity contribution < 1.29 is 0 Å². The van der Waals surface area contributed by atoms with Gasteiger partial charge in [0.05, 0.1) is 11.0 Å². The van der Waals surface area contributed by atoms with Crippen molar-refractivity contribution in [1.82, 2.24) is 14.5 Å². The van der Waals surface area contributed by atoms with Crippen molar-refractivity contribution in [3.8, 4) is 0 Å². The summed E-state index contributed by atoms with van der Waals surface area (Å²) < 4.78 is 2.00. The Morgan fingerprint density at radius 3 is 2.45 bits per heavy atom. The minimum absolute atomic E-state index is 0.107. The van der Waals surface area contributed by atoms with Crippen LogP contribution >= 0.6 is 11.6 Å². The molecule has 1 aromatic carbocycles. The molecule has 5 aliphatic rings. The fourth-order valence-electron chi connectivity index (χ4n) is 8.71. The van der Waals surface area contributed by atoms with Gasteiger partial charge in [-0.25, -0.2) is 4.98 Å². The first-order valence-corrected chi connectivity index (χ1v) is 13.0. The molecule has 2 saturated heterocycles. The molecule has 7 rings (SSSR count). The van der Waals surface area contributed by atoms with Crippen molar-refractivity contribution in [1.29, 1.82) is 0 Å². The van der Waals surface area contributed by atoms with Crippen molar-refractivity contribution in [2.24, 2.45) is 23.7 Å². The molecule has 3 saturated carbocycles. The zero-order chi connectivity index (χ0) is 20.7. The second-order valence-corrected chi connectivity index (χ2v) is 11.6. The number of para-hydroxylation sites is 2. The van der Waals surface area contributed by atoms with Crippen molar-refractivity contribution in [2.75, 3.05) is 0 Å². The smallest absolute Gasteiger partial charge is 0.288 e. The summed E-state index contributed by atoms with van der Waals surface area (Å²) in [5.41, 5.74) is 1.67. The highest BCUT2D eigenvalue weighted by molar-refractivity contribution is 6.29. The molecule has 7 unspecified atom stereocenters. The van der Waals surface area contributed by atoms with E-state index in [1.54, 1.807) is 0 Å². The molecule has 0 radical (unpaired) electrons. The largest absolute Gasteiger partial charge is 0.301 e. The van der Waals surface area contributed by atoms with Gasteiger partial charge in [0.25, 0.3) is 5.56 Å². The number of rotatable bonds is 2.